The van der Waals surface area contributed by atoms with E-state index in [9.17, 15) is 0 Å². The van der Waals surface area contributed by atoms with E-state index >= 15 is 0 Å². The van der Waals surface area contributed by atoms with Crippen LogP contribution in [-0.4, -0.2) is 21.6 Å². The van der Waals surface area contributed by atoms with Gasteiger partial charge < -0.3 is 9.30 Å². The molecule has 118 valence electrons. The molecule has 23 heavy (non-hydrogen) atoms. The molecule has 1 aliphatic carbocycles. The van der Waals surface area contributed by atoms with Crippen molar-refractivity contribution in [3.8, 4) is 5.75 Å². The lowest BCUT2D eigenvalue weighted by Gasteiger charge is -2.16. The first-order chi connectivity index (χ1) is 11.3. The molecule has 2 heterocycles. The van der Waals surface area contributed by atoms with Crippen molar-refractivity contribution in [2.75, 3.05) is 7.11 Å². The smallest absolute Gasteiger partial charge is 0.145 e. The highest BCUT2D eigenvalue weighted by molar-refractivity contribution is 6.34. The first kappa shape index (κ1) is 14.5. The second kappa shape index (κ2) is 5.85. The Labute approximate surface area is 140 Å². The number of fused-ring (bicyclic) bond motifs is 3. The molecule has 0 saturated heterocycles. The van der Waals surface area contributed by atoms with E-state index in [1.165, 1.54) is 29.7 Å². The van der Waals surface area contributed by atoms with E-state index < -0.39 is 0 Å². The van der Waals surface area contributed by atoms with Crippen LogP contribution in [0.2, 0.25) is 5.15 Å². The number of rotatable bonds is 3. The second-order valence-electron chi connectivity index (χ2n) is 5.93. The number of aromatic nitrogens is 3. The molecule has 0 radical (unpaired) electrons. The predicted octanol–water partition coefficient (Wildman–Crippen LogP) is 4.02. The zero-order valence-corrected chi connectivity index (χ0v) is 13.8. The molecule has 0 saturated carbocycles. The molecule has 0 bridgehead atoms. The quantitative estimate of drug-likeness (QED) is 0.682. The van der Waals surface area contributed by atoms with Gasteiger partial charge in [0.05, 0.1) is 12.5 Å². The van der Waals surface area contributed by atoms with Crippen LogP contribution in [0.5, 0.6) is 5.75 Å². The Bertz CT molecular complexity index is 872. The van der Waals surface area contributed by atoms with E-state index in [1.54, 1.807) is 13.4 Å². The van der Waals surface area contributed by atoms with Gasteiger partial charge in [-0.15, -0.1) is 0 Å². The molecule has 3 aromatic rings. The highest BCUT2D eigenvalue weighted by Gasteiger charge is 2.23. The minimum Gasteiger partial charge on any atom is -0.497 e. The second-order valence-corrected chi connectivity index (χ2v) is 6.29. The summed E-state index contributed by atoms with van der Waals surface area (Å²) in [5, 5.41) is 1.60. The molecule has 1 aromatic carbocycles. The van der Waals surface area contributed by atoms with Crippen molar-refractivity contribution in [3.63, 3.8) is 0 Å². The van der Waals surface area contributed by atoms with Gasteiger partial charge in [-0.1, -0.05) is 23.7 Å². The Balaban J connectivity index is 1.87. The first-order valence-corrected chi connectivity index (χ1v) is 8.29. The maximum absolute atomic E-state index is 6.37. The number of methoxy groups -OCH3 is 1. The number of aryl methyl sites for hydroxylation is 1. The molecule has 5 heteroatoms. The lowest BCUT2D eigenvalue weighted by molar-refractivity contribution is 0.414. The van der Waals surface area contributed by atoms with Crippen molar-refractivity contribution in [3.05, 3.63) is 52.6 Å². The van der Waals surface area contributed by atoms with Crippen LogP contribution >= 0.6 is 11.6 Å². The molecular formula is C18H18ClN3O. The van der Waals surface area contributed by atoms with Gasteiger partial charge in [0.25, 0.3) is 0 Å². The van der Waals surface area contributed by atoms with Crippen LogP contribution in [0.15, 0.2) is 30.6 Å². The third kappa shape index (κ3) is 2.47. The van der Waals surface area contributed by atoms with Crippen LogP contribution in [-0.2, 0) is 19.4 Å². The molecule has 4 nitrogen and oxygen atoms in total. The molecule has 0 spiro atoms. The van der Waals surface area contributed by atoms with Crippen molar-refractivity contribution in [2.45, 2.75) is 32.2 Å². The Hall–Kier alpha value is -2.07. The van der Waals surface area contributed by atoms with Gasteiger partial charge in [0.2, 0.25) is 0 Å². The lowest BCUT2D eigenvalue weighted by atomic mass is 9.96. The van der Waals surface area contributed by atoms with Crippen LogP contribution < -0.4 is 4.74 Å². The minimum absolute atomic E-state index is 0.567. The average Bonchev–Trinajstić information content (AvgIpc) is 2.91. The van der Waals surface area contributed by atoms with E-state index in [0.717, 1.165) is 36.2 Å². The number of nitrogens with zero attached hydrogens (tertiary/aromatic N) is 3. The van der Waals surface area contributed by atoms with Gasteiger partial charge in [-0.3, -0.25) is 0 Å². The first-order valence-electron chi connectivity index (χ1n) is 7.91. The Morgan fingerprint density at radius 1 is 1.22 bits per heavy atom. The van der Waals surface area contributed by atoms with Gasteiger partial charge >= 0.3 is 0 Å². The van der Waals surface area contributed by atoms with Gasteiger partial charge in [-0.05, 0) is 48.9 Å². The maximum atomic E-state index is 6.37. The van der Waals surface area contributed by atoms with Gasteiger partial charge in [-0.2, -0.15) is 0 Å². The maximum Gasteiger partial charge on any atom is 0.145 e. The van der Waals surface area contributed by atoms with Crippen molar-refractivity contribution in [2.24, 2.45) is 0 Å². The molecule has 0 amide bonds. The summed E-state index contributed by atoms with van der Waals surface area (Å²) >= 11 is 6.37. The predicted molar refractivity (Wildman–Crippen MR) is 91.3 cm³/mol. The van der Waals surface area contributed by atoms with E-state index in [2.05, 4.69) is 26.7 Å². The van der Waals surface area contributed by atoms with Crippen molar-refractivity contribution < 1.29 is 4.74 Å². The van der Waals surface area contributed by atoms with Crippen molar-refractivity contribution in [1.82, 2.24) is 14.5 Å². The zero-order chi connectivity index (χ0) is 15.8. The third-order valence-electron chi connectivity index (χ3n) is 4.58. The fraction of sp³-hybridized carbons (Fsp3) is 0.333. The molecule has 1 aliphatic rings. The summed E-state index contributed by atoms with van der Waals surface area (Å²) in [7, 11) is 1.69. The van der Waals surface area contributed by atoms with Crippen LogP contribution in [0.3, 0.4) is 0 Å². The number of ether oxygens (including phenoxy) is 1. The fourth-order valence-corrected chi connectivity index (χ4v) is 3.77. The summed E-state index contributed by atoms with van der Waals surface area (Å²) in [6.45, 7) is 0.774. The molecule has 4 rings (SSSR count). The molecule has 0 fully saturated rings. The number of benzene rings is 1. The summed E-state index contributed by atoms with van der Waals surface area (Å²) < 4.78 is 7.64. The number of halogens is 1. The highest BCUT2D eigenvalue weighted by Crippen LogP contribution is 2.34. The summed E-state index contributed by atoms with van der Waals surface area (Å²) in [6.07, 6.45) is 6.11. The average molecular weight is 328 g/mol. The van der Waals surface area contributed by atoms with Crippen molar-refractivity contribution >= 4 is 22.6 Å². The van der Waals surface area contributed by atoms with Crippen LogP contribution in [0, 0.1) is 0 Å². The minimum atomic E-state index is 0.567. The molecule has 0 N–H and O–H groups in total. The Kier molecular flexibility index (Phi) is 3.69. The number of hydrogen-bond donors (Lipinski definition) is 0. The summed E-state index contributed by atoms with van der Waals surface area (Å²) in [4.78, 5) is 8.71. The number of hydrogen-bond acceptors (Lipinski definition) is 3. The molecule has 0 atom stereocenters. The SMILES string of the molecule is COc1cccc(Cn2c3c(c4c(Cl)ncnc42)CCCC3)c1. The Morgan fingerprint density at radius 2 is 2.09 bits per heavy atom. The van der Waals surface area contributed by atoms with Crippen LogP contribution in [0.1, 0.15) is 29.7 Å². The van der Waals surface area contributed by atoms with Crippen molar-refractivity contribution in [1.29, 1.82) is 0 Å². The molecule has 0 unspecified atom stereocenters. The van der Waals surface area contributed by atoms with Gasteiger partial charge in [0.15, 0.2) is 0 Å². The van der Waals surface area contributed by atoms with E-state index in [-0.39, 0.29) is 0 Å². The molecule has 0 aliphatic heterocycles. The lowest BCUT2D eigenvalue weighted by Crippen LogP contribution is -2.09. The summed E-state index contributed by atoms with van der Waals surface area (Å²) in [6, 6.07) is 8.18. The largest absolute Gasteiger partial charge is 0.497 e. The zero-order valence-electron chi connectivity index (χ0n) is 13.1. The van der Waals surface area contributed by atoms with Gasteiger partial charge in [-0.25, -0.2) is 9.97 Å². The van der Waals surface area contributed by atoms with E-state index in [4.69, 9.17) is 16.3 Å². The Morgan fingerprint density at radius 3 is 2.96 bits per heavy atom. The summed E-state index contributed by atoms with van der Waals surface area (Å²) in [5.74, 6) is 0.875. The topological polar surface area (TPSA) is 39.9 Å². The highest BCUT2D eigenvalue weighted by atomic mass is 35.5. The third-order valence-corrected chi connectivity index (χ3v) is 4.86. The molecule has 2 aromatic heterocycles. The monoisotopic (exact) mass is 327 g/mol. The fourth-order valence-electron chi connectivity index (χ4n) is 3.53. The van der Waals surface area contributed by atoms with Gasteiger partial charge in [0.1, 0.15) is 22.9 Å². The summed E-state index contributed by atoms with van der Waals surface area (Å²) in [5.41, 5.74) is 4.83. The van der Waals surface area contributed by atoms with E-state index in [1.807, 2.05) is 12.1 Å². The van der Waals surface area contributed by atoms with Crippen LogP contribution in [0.4, 0.5) is 0 Å². The standard InChI is InChI=1S/C18H18ClN3O/c1-23-13-6-4-5-12(9-13)10-22-15-8-3-2-7-14(15)16-17(19)20-11-21-18(16)22/h4-6,9,11H,2-3,7-8,10H2,1H3. The molecular weight excluding hydrogens is 310 g/mol. The van der Waals surface area contributed by atoms with E-state index in [0.29, 0.717) is 5.15 Å². The normalized spacial score (nSPS) is 14.0. The van der Waals surface area contributed by atoms with Crippen LogP contribution in [0.25, 0.3) is 11.0 Å². The van der Waals surface area contributed by atoms with Gasteiger partial charge in [0, 0.05) is 12.2 Å².